The second-order valence-electron chi connectivity index (χ2n) is 5.36. The summed E-state index contributed by atoms with van der Waals surface area (Å²) in [6, 6.07) is 11.4. The van der Waals surface area contributed by atoms with Gasteiger partial charge in [-0.25, -0.2) is 4.39 Å². The lowest BCUT2D eigenvalue weighted by Gasteiger charge is -2.15. The SMILES string of the molecule is C[NH+](CCOc1ccc(Br)cc1)CC(=O)Nc1ccc(F)cc1Cl. The standard InChI is InChI=1S/C17H17BrClFN2O2/c1-22(8-9-24-14-5-2-12(18)3-6-14)11-17(23)21-16-7-4-13(20)10-15(16)19/h2-7,10H,8-9,11H2,1H3,(H,21,23)/p+1. The van der Waals surface area contributed by atoms with Crippen molar-refractivity contribution in [3.05, 3.63) is 57.8 Å². The minimum atomic E-state index is -0.439. The molecule has 0 heterocycles. The Morgan fingerprint density at radius 3 is 2.67 bits per heavy atom. The van der Waals surface area contributed by atoms with Gasteiger partial charge in [0.1, 0.15) is 24.7 Å². The minimum absolute atomic E-state index is 0.180. The second-order valence-corrected chi connectivity index (χ2v) is 6.68. The fourth-order valence-corrected chi connectivity index (χ4v) is 2.50. The van der Waals surface area contributed by atoms with Gasteiger partial charge in [0.15, 0.2) is 6.54 Å². The zero-order valence-corrected chi connectivity index (χ0v) is 15.5. The Balaban J connectivity index is 1.74. The molecule has 1 unspecified atom stereocenters. The quantitative estimate of drug-likeness (QED) is 0.729. The molecule has 1 atom stereocenters. The van der Waals surface area contributed by atoms with Crippen molar-refractivity contribution in [1.82, 2.24) is 0 Å². The van der Waals surface area contributed by atoms with E-state index in [9.17, 15) is 9.18 Å². The molecule has 0 saturated carbocycles. The predicted octanol–water partition coefficient (Wildman–Crippen LogP) is 2.77. The van der Waals surface area contributed by atoms with E-state index in [1.54, 1.807) is 0 Å². The largest absolute Gasteiger partial charge is 0.488 e. The molecule has 0 aliphatic rings. The van der Waals surface area contributed by atoms with Crippen molar-refractivity contribution in [3.63, 3.8) is 0 Å². The number of nitrogens with one attached hydrogen (secondary N) is 2. The van der Waals surface area contributed by atoms with Crippen LogP contribution in [0.25, 0.3) is 0 Å². The monoisotopic (exact) mass is 415 g/mol. The smallest absolute Gasteiger partial charge is 0.279 e. The Labute approximate surface area is 153 Å². The van der Waals surface area contributed by atoms with Crippen LogP contribution in [0.2, 0.25) is 5.02 Å². The topological polar surface area (TPSA) is 42.8 Å². The van der Waals surface area contributed by atoms with Gasteiger partial charge in [0.25, 0.3) is 5.91 Å². The summed E-state index contributed by atoms with van der Waals surface area (Å²) in [6.45, 7) is 1.43. The molecule has 0 aliphatic carbocycles. The fourth-order valence-electron chi connectivity index (χ4n) is 2.02. The van der Waals surface area contributed by atoms with Crippen molar-refractivity contribution in [1.29, 1.82) is 0 Å². The molecule has 0 fully saturated rings. The van der Waals surface area contributed by atoms with E-state index >= 15 is 0 Å². The van der Waals surface area contributed by atoms with E-state index in [0.717, 1.165) is 15.1 Å². The van der Waals surface area contributed by atoms with Crippen LogP contribution in [0, 0.1) is 5.82 Å². The van der Waals surface area contributed by atoms with Crippen molar-refractivity contribution in [2.75, 3.05) is 32.1 Å². The van der Waals surface area contributed by atoms with Crippen LogP contribution < -0.4 is 15.0 Å². The van der Waals surface area contributed by atoms with Crippen molar-refractivity contribution in [2.45, 2.75) is 0 Å². The first-order chi connectivity index (χ1) is 11.4. The van der Waals surface area contributed by atoms with Crippen molar-refractivity contribution in [3.8, 4) is 5.75 Å². The van der Waals surface area contributed by atoms with Crippen molar-refractivity contribution in [2.24, 2.45) is 0 Å². The maximum absolute atomic E-state index is 13.0. The van der Waals surface area contributed by atoms with Gasteiger partial charge in [-0.2, -0.15) is 0 Å². The Morgan fingerprint density at radius 2 is 2.00 bits per heavy atom. The van der Waals surface area contributed by atoms with Crippen molar-refractivity contribution < 1.29 is 18.8 Å². The molecule has 2 aromatic rings. The number of likely N-dealkylation sites (N-methyl/N-ethyl adjacent to an activating group) is 1. The van der Waals surface area contributed by atoms with Crippen LogP contribution in [-0.2, 0) is 4.79 Å². The molecular weight excluding hydrogens is 399 g/mol. The van der Waals surface area contributed by atoms with Crippen LogP contribution in [0.5, 0.6) is 5.75 Å². The number of quaternary nitrogens is 1. The highest BCUT2D eigenvalue weighted by molar-refractivity contribution is 9.10. The van der Waals surface area contributed by atoms with Crippen LogP contribution in [0.1, 0.15) is 0 Å². The summed E-state index contributed by atoms with van der Waals surface area (Å²) in [5, 5.41) is 2.86. The van der Waals surface area contributed by atoms with E-state index in [4.69, 9.17) is 16.3 Å². The molecule has 2 rings (SSSR count). The number of hydrogen-bond donors (Lipinski definition) is 2. The second kappa shape index (κ2) is 9.01. The van der Waals surface area contributed by atoms with Gasteiger partial charge in [-0.05, 0) is 42.5 Å². The van der Waals surface area contributed by atoms with E-state index < -0.39 is 5.82 Å². The number of anilines is 1. The fraction of sp³-hybridized carbons (Fsp3) is 0.235. The van der Waals surface area contributed by atoms with E-state index in [0.29, 0.717) is 18.8 Å². The van der Waals surface area contributed by atoms with Crippen LogP contribution in [-0.4, -0.2) is 32.7 Å². The minimum Gasteiger partial charge on any atom is -0.488 e. The van der Waals surface area contributed by atoms with Gasteiger partial charge in [-0.1, -0.05) is 27.5 Å². The van der Waals surface area contributed by atoms with Gasteiger partial charge in [0.05, 0.1) is 17.8 Å². The molecule has 0 radical (unpaired) electrons. The number of ether oxygens (including phenoxy) is 1. The van der Waals surface area contributed by atoms with Crippen LogP contribution in [0.4, 0.5) is 10.1 Å². The Bertz CT molecular complexity index is 697. The number of carbonyl (C=O) groups is 1. The Morgan fingerprint density at radius 1 is 1.29 bits per heavy atom. The first kappa shape index (κ1) is 18.7. The third kappa shape index (κ3) is 6.11. The number of benzene rings is 2. The molecule has 128 valence electrons. The third-order valence-corrected chi connectivity index (χ3v) is 4.12. The number of amides is 1. The van der Waals surface area contributed by atoms with Gasteiger partial charge < -0.3 is 15.0 Å². The third-order valence-electron chi connectivity index (χ3n) is 3.28. The molecule has 0 saturated heterocycles. The molecule has 0 bridgehead atoms. The lowest BCUT2D eigenvalue weighted by atomic mass is 10.3. The lowest BCUT2D eigenvalue weighted by Crippen LogP contribution is -3.10. The first-order valence-corrected chi connectivity index (χ1v) is 8.55. The molecule has 2 N–H and O–H groups in total. The molecule has 2 aromatic carbocycles. The van der Waals surface area contributed by atoms with Gasteiger partial charge in [-0.15, -0.1) is 0 Å². The van der Waals surface area contributed by atoms with Crippen molar-refractivity contribution >= 4 is 39.1 Å². The number of halogens is 3. The zero-order valence-electron chi connectivity index (χ0n) is 13.1. The van der Waals surface area contributed by atoms with Crippen LogP contribution in [0.3, 0.4) is 0 Å². The highest BCUT2D eigenvalue weighted by Crippen LogP contribution is 2.22. The van der Waals surface area contributed by atoms with Gasteiger partial charge in [0, 0.05) is 4.47 Å². The highest BCUT2D eigenvalue weighted by Gasteiger charge is 2.12. The Kier molecular flexibility index (Phi) is 7.02. The number of carbonyl (C=O) groups excluding carboxylic acids is 1. The summed E-state index contributed by atoms with van der Waals surface area (Å²) in [5.41, 5.74) is 0.405. The lowest BCUT2D eigenvalue weighted by molar-refractivity contribution is -0.871. The first-order valence-electron chi connectivity index (χ1n) is 7.38. The van der Waals surface area contributed by atoms with Crippen LogP contribution >= 0.6 is 27.5 Å². The summed E-state index contributed by atoms with van der Waals surface area (Å²) in [7, 11) is 1.90. The summed E-state index contributed by atoms with van der Waals surface area (Å²) in [6.07, 6.45) is 0. The molecule has 0 aliphatic heterocycles. The molecule has 1 amide bonds. The molecular formula is C17H18BrClFN2O2+. The van der Waals surface area contributed by atoms with Gasteiger partial charge in [0.2, 0.25) is 0 Å². The molecule has 0 aromatic heterocycles. The summed E-state index contributed by atoms with van der Waals surface area (Å²) >= 11 is 9.25. The van der Waals surface area contributed by atoms with Gasteiger partial charge in [-0.3, -0.25) is 4.79 Å². The molecule has 7 heteroatoms. The predicted molar refractivity (Wildman–Crippen MR) is 96.3 cm³/mol. The Hall–Kier alpha value is -1.63. The highest BCUT2D eigenvalue weighted by atomic mass is 79.9. The zero-order chi connectivity index (χ0) is 17.5. The summed E-state index contributed by atoms with van der Waals surface area (Å²) in [4.78, 5) is 13.0. The maximum atomic E-state index is 13.0. The molecule has 24 heavy (non-hydrogen) atoms. The maximum Gasteiger partial charge on any atom is 0.279 e. The van der Waals surface area contributed by atoms with E-state index in [2.05, 4.69) is 21.2 Å². The normalized spacial score (nSPS) is 11.8. The number of rotatable bonds is 7. The van der Waals surface area contributed by atoms with Gasteiger partial charge >= 0.3 is 0 Å². The molecule has 0 spiro atoms. The van der Waals surface area contributed by atoms with Crippen LogP contribution in [0.15, 0.2) is 46.9 Å². The number of hydrogen-bond acceptors (Lipinski definition) is 2. The average Bonchev–Trinajstić information content (AvgIpc) is 2.52. The van der Waals surface area contributed by atoms with E-state index in [1.807, 2.05) is 31.3 Å². The average molecular weight is 417 g/mol. The summed E-state index contributed by atoms with van der Waals surface area (Å²) in [5.74, 6) is 0.157. The van der Waals surface area contributed by atoms with E-state index in [-0.39, 0.29) is 17.5 Å². The van der Waals surface area contributed by atoms with E-state index in [1.165, 1.54) is 18.2 Å². The summed E-state index contributed by atoms with van der Waals surface area (Å²) < 4.78 is 19.6. The molecule has 4 nitrogen and oxygen atoms in total.